The van der Waals surface area contributed by atoms with Crippen molar-refractivity contribution in [1.29, 1.82) is 0 Å². The van der Waals surface area contributed by atoms with Gasteiger partial charge in [-0.3, -0.25) is 4.79 Å². The summed E-state index contributed by atoms with van der Waals surface area (Å²) in [4.78, 5) is 11.0. The fourth-order valence-electron chi connectivity index (χ4n) is 1.05. The Morgan fingerprint density at radius 1 is 1.41 bits per heavy atom. The van der Waals surface area contributed by atoms with Gasteiger partial charge in [0.1, 0.15) is 5.02 Å². The van der Waals surface area contributed by atoms with Crippen LogP contribution in [-0.2, 0) is 11.0 Å². The topological polar surface area (TPSA) is 29.1 Å². The van der Waals surface area contributed by atoms with Crippen LogP contribution in [0.2, 0.25) is 5.02 Å². The molecule has 0 aromatic heterocycles. The summed E-state index contributed by atoms with van der Waals surface area (Å²) >= 11 is 7.16. The number of amides is 1. The summed E-state index contributed by atoms with van der Waals surface area (Å²) in [7, 11) is 0. The molecule has 0 saturated carbocycles. The molecule has 17 heavy (non-hydrogen) atoms. The zero-order valence-corrected chi connectivity index (χ0v) is 11.0. The largest absolute Gasteiger partial charge is 0.419 e. The van der Waals surface area contributed by atoms with Gasteiger partial charge < -0.3 is 5.32 Å². The van der Waals surface area contributed by atoms with Crippen LogP contribution in [0, 0.1) is 5.82 Å². The summed E-state index contributed by atoms with van der Waals surface area (Å²) in [6.07, 6.45) is -4.82. The lowest BCUT2D eigenvalue weighted by Crippen LogP contribution is -2.14. The van der Waals surface area contributed by atoms with E-state index < -0.39 is 28.5 Å². The van der Waals surface area contributed by atoms with Gasteiger partial charge in [-0.15, -0.1) is 0 Å². The van der Waals surface area contributed by atoms with E-state index in [0.29, 0.717) is 6.07 Å². The van der Waals surface area contributed by atoms with Crippen molar-refractivity contribution in [2.24, 2.45) is 0 Å². The SMILES string of the molecule is O=C(CI)Nc1ccc(C(F)(F)F)c(F)c1Cl. The van der Waals surface area contributed by atoms with E-state index in [1.165, 1.54) is 0 Å². The minimum absolute atomic E-state index is 0.0801. The number of hydrogen-bond donors (Lipinski definition) is 1. The molecular weight excluding hydrogens is 376 g/mol. The predicted molar refractivity (Wildman–Crippen MR) is 63.9 cm³/mol. The summed E-state index contributed by atoms with van der Waals surface area (Å²) < 4.78 is 50.3. The highest BCUT2D eigenvalue weighted by molar-refractivity contribution is 14.1. The van der Waals surface area contributed by atoms with Gasteiger partial charge in [-0.05, 0) is 12.1 Å². The molecule has 1 aromatic carbocycles. The molecule has 0 aliphatic heterocycles. The molecule has 0 saturated heterocycles. The van der Waals surface area contributed by atoms with Crippen molar-refractivity contribution in [3.05, 3.63) is 28.5 Å². The molecule has 2 nitrogen and oxygen atoms in total. The molecule has 0 atom stereocenters. The second-order valence-electron chi connectivity index (χ2n) is 2.97. The van der Waals surface area contributed by atoms with Gasteiger partial charge in [-0.1, -0.05) is 34.2 Å². The predicted octanol–water partition coefficient (Wildman–Crippen LogP) is 3.87. The van der Waals surface area contributed by atoms with Crippen LogP contribution < -0.4 is 5.32 Å². The Labute approximate surface area is 112 Å². The van der Waals surface area contributed by atoms with Gasteiger partial charge in [-0.25, -0.2) is 4.39 Å². The lowest BCUT2D eigenvalue weighted by Gasteiger charge is -2.12. The maximum absolute atomic E-state index is 13.3. The molecular formula is C9H5ClF4INO. The van der Waals surface area contributed by atoms with Crippen LogP contribution in [0.5, 0.6) is 0 Å². The van der Waals surface area contributed by atoms with Crippen molar-refractivity contribution in [1.82, 2.24) is 0 Å². The van der Waals surface area contributed by atoms with E-state index in [1.807, 2.05) is 0 Å². The van der Waals surface area contributed by atoms with Gasteiger partial charge in [-0.2, -0.15) is 13.2 Å². The van der Waals surface area contributed by atoms with Gasteiger partial charge in [0.05, 0.1) is 15.7 Å². The highest BCUT2D eigenvalue weighted by Crippen LogP contribution is 2.36. The van der Waals surface area contributed by atoms with Gasteiger partial charge in [0.2, 0.25) is 5.91 Å². The van der Waals surface area contributed by atoms with Gasteiger partial charge >= 0.3 is 6.18 Å². The molecule has 0 fully saturated rings. The van der Waals surface area contributed by atoms with Crippen molar-refractivity contribution in [3.63, 3.8) is 0 Å². The van der Waals surface area contributed by atoms with Crippen LogP contribution in [0.3, 0.4) is 0 Å². The second-order valence-corrected chi connectivity index (χ2v) is 4.11. The van der Waals surface area contributed by atoms with E-state index in [1.54, 1.807) is 22.6 Å². The highest BCUT2D eigenvalue weighted by atomic mass is 127. The first-order valence-electron chi connectivity index (χ1n) is 4.18. The molecule has 0 aliphatic carbocycles. The van der Waals surface area contributed by atoms with Crippen LogP contribution in [-0.4, -0.2) is 10.3 Å². The molecule has 0 radical (unpaired) electrons. The number of carbonyl (C=O) groups is 1. The number of benzene rings is 1. The van der Waals surface area contributed by atoms with Crippen LogP contribution in [0.4, 0.5) is 23.2 Å². The third-order valence-corrected chi connectivity index (χ3v) is 2.85. The molecule has 1 amide bonds. The molecule has 0 heterocycles. The molecule has 1 aromatic rings. The molecule has 0 spiro atoms. The first kappa shape index (κ1) is 14.5. The first-order valence-corrected chi connectivity index (χ1v) is 6.08. The number of halogens is 6. The number of carbonyl (C=O) groups excluding carboxylic acids is 1. The molecule has 0 unspecified atom stereocenters. The quantitative estimate of drug-likeness (QED) is 0.470. The summed E-state index contributed by atoms with van der Waals surface area (Å²) in [6.45, 7) is 0. The Hall–Kier alpha value is -0.570. The number of nitrogens with one attached hydrogen (secondary N) is 1. The van der Waals surface area contributed by atoms with E-state index >= 15 is 0 Å². The molecule has 8 heteroatoms. The number of hydrogen-bond acceptors (Lipinski definition) is 1. The second kappa shape index (κ2) is 5.38. The molecule has 1 N–H and O–H groups in total. The normalized spacial score (nSPS) is 11.4. The van der Waals surface area contributed by atoms with Crippen molar-refractivity contribution in [3.8, 4) is 0 Å². The van der Waals surface area contributed by atoms with Crippen molar-refractivity contribution in [2.75, 3.05) is 9.74 Å². The molecule has 94 valence electrons. The fourth-order valence-corrected chi connectivity index (χ4v) is 1.45. The lowest BCUT2D eigenvalue weighted by atomic mass is 10.2. The maximum Gasteiger partial charge on any atom is 0.419 e. The monoisotopic (exact) mass is 381 g/mol. The van der Waals surface area contributed by atoms with Gasteiger partial charge in [0.15, 0.2) is 5.82 Å². The standard InChI is InChI=1S/C9H5ClF4INO/c10-7-5(16-6(17)3-15)2-1-4(8(7)11)9(12,13)14/h1-2H,3H2,(H,16,17). The highest BCUT2D eigenvalue weighted by Gasteiger charge is 2.35. The average molecular weight is 381 g/mol. The van der Waals surface area contributed by atoms with Crippen molar-refractivity contribution in [2.45, 2.75) is 6.18 Å². The van der Waals surface area contributed by atoms with E-state index in [2.05, 4.69) is 5.32 Å². The smallest absolute Gasteiger partial charge is 0.324 e. The third kappa shape index (κ3) is 3.44. The zero-order valence-electron chi connectivity index (χ0n) is 8.04. The summed E-state index contributed by atoms with van der Waals surface area (Å²) in [5.41, 5.74) is -1.64. The first-order chi connectivity index (χ1) is 7.77. The van der Waals surface area contributed by atoms with Crippen molar-refractivity contribution >= 4 is 45.8 Å². The number of rotatable bonds is 2. The van der Waals surface area contributed by atoms with Crippen LogP contribution in [0.15, 0.2) is 12.1 Å². The lowest BCUT2D eigenvalue weighted by molar-refractivity contribution is -0.139. The number of anilines is 1. The molecule has 0 aliphatic rings. The Bertz CT molecular complexity index is 449. The van der Waals surface area contributed by atoms with E-state index in [4.69, 9.17) is 11.6 Å². The van der Waals surface area contributed by atoms with E-state index in [0.717, 1.165) is 6.07 Å². The fraction of sp³-hybridized carbons (Fsp3) is 0.222. The maximum atomic E-state index is 13.3. The average Bonchev–Trinajstić information content (AvgIpc) is 2.22. The summed E-state index contributed by atoms with van der Waals surface area (Å²) in [6, 6.07) is 1.45. The van der Waals surface area contributed by atoms with Crippen LogP contribution in [0.1, 0.15) is 5.56 Å². The summed E-state index contributed by atoms with van der Waals surface area (Å²) in [5, 5.41) is 1.44. The van der Waals surface area contributed by atoms with E-state index in [-0.39, 0.29) is 10.1 Å². The van der Waals surface area contributed by atoms with Gasteiger partial charge in [0, 0.05) is 0 Å². The van der Waals surface area contributed by atoms with Crippen LogP contribution >= 0.6 is 34.2 Å². The Kier molecular flexibility index (Phi) is 4.59. The minimum atomic E-state index is -4.82. The number of alkyl halides is 4. The van der Waals surface area contributed by atoms with Gasteiger partial charge in [0.25, 0.3) is 0 Å². The Balaban J connectivity index is 3.15. The Morgan fingerprint density at radius 3 is 2.47 bits per heavy atom. The molecule has 1 rings (SSSR count). The minimum Gasteiger partial charge on any atom is -0.324 e. The van der Waals surface area contributed by atoms with Crippen LogP contribution in [0.25, 0.3) is 0 Å². The Morgan fingerprint density at radius 2 is 2.00 bits per heavy atom. The molecule has 0 bridgehead atoms. The van der Waals surface area contributed by atoms with Crippen molar-refractivity contribution < 1.29 is 22.4 Å². The van der Waals surface area contributed by atoms with E-state index in [9.17, 15) is 22.4 Å². The third-order valence-electron chi connectivity index (χ3n) is 1.78. The zero-order chi connectivity index (χ0) is 13.2. The summed E-state index contributed by atoms with van der Waals surface area (Å²) in [5.74, 6) is -2.07.